The highest BCUT2D eigenvalue weighted by Gasteiger charge is 2.37. The van der Waals surface area contributed by atoms with E-state index in [1.165, 1.54) is 17.7 Å². The normalized spacial score (nSPS) is 19.9. The van der Waals surface area contributed by atoms with Gasteiger partial charge >= 0.3 is 6.18 Å². The lowest BCUT2D eigenvalue weighted by Gasteiger charge is -2.28. The number of halogens is 4. The SMILES string of the molecule is FC(F)(F)c1c(Br)cccc1OC1CCC(/C=C/CCOCc2ccccc2)CC1. The molecule has 0 aliphatic heterocycles. The van der Waals surface area contributed by atoms with Gasteiger partial charge in [0, 0.05) is 4.47 Å². The number of alkyl halides is 3. The minimum atomic E-state index is -4.45. The van der Waals surface area contributed by atoms with Crippen molar-refractivity contribution in [1.29, 1.82) is 0 Å². The van der Waals surface area contributed by atoms with Crippen LogP contribution in [0.15, 0.2) is 65.2 Å². The van der Waals surface area contributed by atoms with Crippen LogP contribution in [0.4, 0.5) is 13.2 Å². The molecule has 0 heterocycles. The zero-order valence-electron chi connectivity index (χ0n) is 16.7. The summed E-state index contributed by atoms with van der Waals surface area (Å²) in [5.74, 6) is 0.356. The Bertz CT molecular complexity index is 813. The van der Waals surface area contributed by atoms with E-state index in [4.69, 9.17) is 9.47 Å². The number of hydrogen-bond acceptors (Lipinski definition) is 2. The molecular formula is C24H26BrF3O2. The van der Waals surface area contributed by atoms with Crippen LogP contribution in [0, 0.1) is 5.92 Å². The van der Waals surface area contributed by atoms with Crippen molar-refractivity contribution in [2.75, 3.05) is 6.61 Å². The Morgan fingerprint density at radius 2 is 1.70 bits per heavy atom. The Labute approximate surface area is 184 Å². The van der Waals surface area contributed by atoms with Gasteiger partial charge < -0.3 is 9.47 Å². The van der Waals surface area contributed by atoms with Crippen molar-refractivity contribution in [2.45, 2.75) is 51.0 Å². The number of hydrogen-bond donors (Lipinski definition) is 0. The molecule has 1 fully saturated rings. The van der Waals surface area contributed by atoms with Gasteiger partial charge in [0.2, 0.25) is 0 Å². The zero-order chi connectivity index (χ0) is 21.4. The van der Waals surface area contributed by atoms with Crippen LogP contribution in [0.2, 0.25) is 0 Å². The van der Waals surface area contributed by atoms with Gasteiger partial charge in [0.05, 0.1) is 19.3 Å². The number of allylic oxidation sites excluding steroid dienone is 1. The fourth-order valence-electron chi connectivity index (χ4n) is 3.66. The number of rotatable bonds is 8. The lowest BCUT2D eigenvalue weighted by atomic mass is 9.87. The zero-order valence-corrected chi connectivity index (χ0v) is 18.3. The predicted octanol–water partition coefficient (Wildman–Crippen LogP) is 7.57. The van der Waals surface area contributed by atoms with E-state index < -0.39 is 11.7 Å². The Balaban J connectivity index is 1.39. The second-order valence-corrected chi connectivity index (χ2v) is 8.37. The van der Waals surface area contributed by atoms with E-state index in [2.05, 4.69) is 28.1 Å². The molecule has 1 saturated carbocycles. The Kier molecular flexibility index (Phi) is 8.40. The molecule has 0 radical (unpaired) electrons. The molecule has 2 nitrogen and oxygen atoms in total. The summed E-state index contributed by atoms with van der Waals surface area (Å²) in [6.07, 6.45) is 3.93. The molecule has 0 aromatic heterocycles. The summed E-state index contributed by atoms with van der Waals surface area (Å²) < 4.78 is 51.4. The second kappa shape index (κ2) is 11.0. The molecule has 0 atom stereocenters. The molecular weight excluding hydrogens is 457 g/mol. The van der Waals surface area contributed by atoms with Gasteiger partial charge in [-0.2, -0.15) is 13.2 Å². The highest BCUT2D eigenvalue weighted by atomic mass is 79.9. The van der Waals surface area contributed by atoms with Crippen molar-refractivity contribution in [3.05, 3.63) is 76.3 Å². The summed E-state index contributed by atoms with van der Waals surface area (Å²) in [7, 11) is 0. The van der Waals surface area contributed by atoms with E-state index in [0.29, 0.717) is 19.1 Å². The highest BCUT2D eigenvalue weighted by molar-refractivity contribution is 9.10. The smallest absolute Gasteiger partial charge is 0.421 e. The topological polar surface area (TPSA) is 18.5 Å². The molecule has 0 amide bonds. The molecule has 6 heteroatoms. The van der Waals surface area contributed by atoms with Gasteiger partial charge in [-0.1, -0.05) is 64.5 Å². The highest BCUT2D eigenvalue weighted by Crippen LogP contribution is 2.42. The van der Waals surface area contributed by atoms with Crippen LogP contribution in [-0.2, 0) is 17.5 Å². The Morgan fingerprint density at radius 3 is 2.40 bits per heavy atom. The lowest BCUT2D eigenvalue weighted by Crippen LogP contribution is -2.24. The summed E-state index contributed by atoms with van der Waals surface area (Å²) in [6.45, 7) is 1.29. The average Bonchev–Trinajstić information content (AvgIpc) is 2.71. The molecule has 0 bridgehead atoms. The minimum Gasteiger partial charge on any atom is -0.490 e. The predicted molar refractivity (Wildman–Crippen MR) is 115 cm³/mol. The fraction of sp³-hybridized carbons (Fsp3) is 0.417. The van der Waals surface area contributed by atoms with Gasteiger partial charge in [-0.25, -0.2) is 0 Å². The third-order valence-corrected chi connectivity index (χ3v) is 5.88. The van der Waals surface area contributed by atoms with Crippen LogP contribution < -0.4 is 4.74 Å². The maximum Gasteiger partial charge on any atom is 0.421 e. The van der Waals surface area contributed by atoms with Gasteiger partial charge in [-0.15, -0.1) is 0 Å². The van der Waals surface area contributed by atoms with Crippen LogP contribution in [0.25, 0.3) is 0 Å². The molecule has 0 N–H and O–H groups in total. The van der Waals surface area contributed by atoms with E-state index in [-0.39, 0.29) is 16.3 Å². The molecule has 162 valence electrons. The number of ether oxygens (including phenoxy) is 2. The third-order valence-electron chi connectivity index (χ3n) is 5.22. The first-order valence-corrected chi connectivity index (χ1v) is 11.0. The van der Waals surface area contributed by atoms with E-state index >= 15 is 0 Å². The summed E-state index contributed by atoms with van der Waals surface area (Å²) in [5, 5.41) is 0. The van der Waals surface area contributed by atoms with Crippen LogP contribution in [0.3, 0.4) is 0 Å². The molecule has 2 aromatic rings. The van der Waals surface area contributed by atoms with Crippen molar-refractivity contribution >= 4 is 15.9 Å². The van der Waals surface area contributed by atoms with E-state index in [0.717, 1.165) is 32.1 Å². The lowest BCUT2D eigenvalue weighted by molar-refractivity contribution is -0.140. The second-order valence-electron chi connectivity index (χ2n) is 7.52. The molecule has 3 rings (SSSR count). The van der Waals surface area contributed by atoms with Gasteiger partial charge in [0.1, 0.15) is 11.3 Å². The van der Waals surface area contributed by atoms with E-state index in [1.807, 2.05) is 30.3 Å². The minimum absolute atomic E-state index is 0.0126. The van der Waals surface area contributed by atoms with Crippen LogP contribution in [0.5, 0.6) is 5.75 Å². The fourth-order valence-corrected chi connectivity index (χ4v) is 4.23. The monoisotopic (exact) mass is 482 g/mol. The van der Waals surface area contributed by atoms with Gasteiger partial charge in [0.15, 0.2) is 0 Å². The Morgan fingerprint density at radius 1 is 0.967 bits per heavy atom. The quantitative estimate of drug-likeness (QED) is 0.285. The van der Waals surface area contributed by atoms with Crippen LogP contribution in [-0.4, -0.2) is 12.7 Å². The van der Waals surface area contributed by atoms with Crippen LogP contribution >= 0.6 is 15.9 Å². The van der Waals surface area contributed by atoms with E-state index in [1.54, 1.807) is 6.07 Å². The van der Waals surface area contributed by atoms with E-state index in [9.17, 15) is 13.2 Å². The van der Waals surface area contributed by atoms with Gasteiger partial charge in [-0.3, -0.25) is 0 Å². The molecule has 2 aromatic carbocycles. The maximum atomic E-state index is 13.3. The van der Waals surface area contributed by atoms with Crippen molar-refractivity contribution in [1.82, 2.24) is 0 Å². The Hall–Kier alpha value is -1.79. The molecule has 30 heavy (non-hydrogen) atoms. The molecule has 0 saturated heterocycles. The van der Waals surface area contributed by atoms with Gasteiger partial charge in [0.25, 0.3) is 0 Å². The first-order valence-electron chi connectivity index (χ1n) is 10.2. The van der Waals surface area contributed by atoms with Crippen molar-refractivity contribution in [3.8, 4) is 5.75 Å². The largest absolute Gasteiger partial charge is 0.490 e. The molecule has 0 spiro atoms. The summed E-state index contributed by atoms with van der Waals surface area (Å²) in [5.41, 5.74) is 0.432. The summed E-state index contributed by atoms with van der Waals surface area (Å²) in [4.78, 5) is 0. The molecule has 0 unspecified atom stereocenters. The summed E-state index contributed by atoms with van der Waals surface area (Å²) >= 11 is 3.00. The van der Waals surface area contributed by atoms with Crippen molar-refractivity contribution < 1.29 is 22.6 Å². The first kappa shape index (κ1) is 22.9. The van der Waals surface area contributed by atoms with Crippen LogP contribution in [0.1, 0.15) is 43.2 Å². The third kappa shape index (κ3) is 6.88. The first-order chi connectivity index (χ1) is 14.4. The standard InChI is InChI=1S/C24H26BrF3O2/c25-21-10-6-11-22(23(21)24(26,27)28)30-20-14-12-18(13-15-20)7-4-5-16-29-17-19-8-2-1-3-9-19/h1-4,6-11,18,20H,5,12-17H2/b7-4+. The maximum absolute atomic E-state index is 13.3. The number of benzene rings is 2. The summed E-state index contributed by atoms with van der Waals surface area (Å²) in [6, 6.07) is 14.4. The van der Waals surface area contributed by atoms with Crippen molar-refractivity contribution in [3.63, 3.8) is 0 Å². The van der Waals surface area contributed by atoms with Gasteiger partial charge in [-0.05, 0) is 55.7 Å². The average molecular weight is 483 g/mol. The molecule has 1 aliphatic rings. The van der Waals surface area contributed by atoms with Crippen molar-refractivity contribution in [2.24, 2.45) is 5.92 Å². The molecule has 1 aliphatic carbocycles.